The molecule has 0 aliphatic heterocycles. The van der Waals surface area contributed by atoms with Crippen LogP contribution in [0.4, 0.5) is 0 Å². The summed E-state index contributed by atoms with van der Waals surface area (Å²) in [7, 11) is 0. The molecule has 1 heterocycles. The summed E-state index contributed by atoms with van der Waals surface area (Å²) in [4.78, 5) is 4.32. The quantitative estimate of drug-likeness (QED) is 0.808. The predicted molar refractivity (Wildman–Crippen MR) is 60.5 cm³/mol. The Labute approximate surface area is 89.8 Å². The Balaban J connectivity index is 1.77. The molecule has 1 aromatic heterocycles. The lowest BCUT2D eigenvalue weighted by Gasteiger charge is -2.10. The molecule has 1 aliphatic carbocycles. The van der Waals surface area contributed by atoms with E-state index in [1.807, 2.05) is 11.6 Å². The lowest BCUT2D eigenvalue weighted by molar-refractivity contribution is 0.528. The minimum atomic E-state index is 0.432. The van der Waals surface area contributed by atoms with Gasteiger partial charge in [0.05, 0.1) is 6.04 Å². The van der Waals surface area contributed by atoms with Gasteiger partial charge in [-0.05, 0) is 25.7 Å². The van der Waals surface area contributed by atoms with Crippen LogP contribution in [0, 0.1) is 5.92 Å². The maximum atomic E-state index is 4.32. The topological polar surface area (TPSA) is 24.9 Å². The fourth-order valence-corrected chi connectivity index (χ4v) is 2.64. The Kier molecular flexibility index (Phi) is 3.19. The summed E-state index contributed by atoms with van der Waals surface area (Å²) in [6, 6.07) is 1.19. The van der Waals surface area contributed by atoms with Crippen LogP contribution in [0.25, 0.3) is 0 Å². The highest BCUT2D eigenvalue weighted by Gasteiger charge is 2.36. The van der Waals surface area contributed by atoms with Crippen molar-refractivity contribution in [2.75, 3.05) is 0 Å². The van der Waals surface area contributed by atoms with Crippen molar-refractivity contribution in [1.82, 2.24) is 10.3 Å². The van der Waals surface area contributed by atoms with E-state index in [1.165, 1.54) is 24.3 Å². The second-order valence-electron chi connectivity index (χ2n) is 4.15. The lowest BCUT2D eigenvalue weighted by Crippen LogP contribution is -2.22. The molecule has 0 amide bonds. The Morgan fingerprint density at radius 2 is 2.57 bits per heavy atom. The number of nitrogens with zero attached hydrogens (tertiary/aromatic N) is 1. The van der Waals surface area contributed by atoms with Gasteiger partial charge in [-0.25, -0.2) is 4.98 Å². The average molecular weight is 210 g/mol. The van der Waals surface area contributed by atoms with Crippen LogP contribution in [0.3, 0.4) is 0 Å². The maximum absolute atomic E-state index is 4.32. The van der Waals surface area contributed by atoms with Gasteiger partial charge in [-0.15, -0.1) is 11.3 Å². The van der Waals surface area contributed by atoms with Crippen molar-refractivity contribution in [3.8, 4) is 0 Å². The van der Waals surface area contributed by atoms with Gasteiger partial charge in [0.25, 0.3) is 0 Å². The zero-order chi connectivity index (χ0) is 9.97. The first-order valence-corrected chi connectivity index (χ1v) is 6.34. The Morgan fingerprint density at radius 3 is 3.21 bits per heavy atom. The van der Waals surface area contributed by atoms with Crippen molar-refractivity contribution < 1.29 is 0 Å². The van der Waals surface area contributed by atoms with Gasteiger partial charge in [0.1, 0.15) is 5.01 Å². The van der Waals surface area contributed by atoms with E-state index in [-0.39, 0.29) is 0 Å². The fourth-order valence-electron chi connectivity index (χ4n) is 1.98. The molecule has 2 nitrogen and oxygen atoms in total. The second-order valence-corrected chi connectivity index (χ2v) is 5.08. The Hall–Kier alpha value is -0.410. The van der Waals surface area contributed by atoms with Crippen LogP contribution in [-0.2, 0) is 0 Å². The van der Waals surface area contributed by atoms with E-state index in [2.05, 4.69) is 24.1 Å². The maximum Gasteiger partial charge on any atom is 0.109 e. The molecule has 1 fully saturated rings. The van der Waals surface area contributed by atoms with Gasteiger partial charge in [-0.1, -0.05) is 13.3 Å². The van der Waals surface area contributed by atoms with Gasteiger partial charge in [0.15, 0.2) is 0 Å². The van der Waals surface area contributed by atoms with Crippen molar-refractivity contribution in [3.05, 3.63) is 16.6 Å². The van der Waals surface area contributed by atoms with Crippen molar-refractivity contribution >= 4 is 11.3 Å². The first-order chi connectivity index (χ1) is 6.81. The molecule has 0 bridgehead atoms. The summed E-state index contributed by atoms with van der Waals surface area (Å²) < 4.78 is 0. The number of aromatic nitrogens is 1. The highest BCUT2D eigenvalue weighted by Crippen LogP contribution is 2.36. The summed E-state index contributed by atoms with van der Waals surface area (Å²) in [6.07, 6.45) is 5.94. The molecular weight excluding hydrogens is 192 g/mol. The van der Waals surface area contributed by atoms with Gasteiger partial charge in [0, 0.05) is 17.6 Å². The van der Waals surface area contributed by atoms with Gasteiger partial charge < -0.3 is 5.32 Å². The van der Waals surface area contributed by atoms with E-state index in [1.54, 1.807) is 11.3 Å². The molecule has 0 aromatic carbocycles. The molecule has 2 rings (SSSR count). The normalized spacial score (nSPS) is 27.6. The van der Waals surface area contributed by atoms with E-state index < -0.39 is 0 Å². The smallest absolute Gasteiger partial charge is 0.109 e. The largest absolute Gasteiger partial charge is 0.305 e. The molecule has 0 spiro atoms. The highest BCUT2D eigenvalue weighted by molar-refractivity contribution is 7.09. The lowest BCUT2D eigenvalue weighted by atomic mass is 10.2. The second kappa shape index (κ2) is 4.41. The fraction of sp³-hybridized carbons (Fsp3) is 0.727. The van der Waals surface area contributed by atoms with E-state index >= 15 is 0 Å². The van der Waals surface area contributed by atoms with Gasteiger partial charge in [-0.2, -0.15) is 0 Å². The molecule has 1 aliphatic rings. The summed E-state index contributed by atoms with van der Waals surface area (Å²) in [6.45, 7) is 4.47. The molecule has 14 heavy (non-hydrogen) atoms. The van der Waals surface area contributed by atoms with Gasteiger partial charge in [0.2, 0.25) is 0 Å². The van der Waals surface area contributed by atoms with E-state index in [9.17, 15) is 0 Å². The van der Waals surface area contributed by atoms with Gasteiger partial charge >= 0.3 is 0 Å². The highest BCUT2D eigenvalue weighted by atomic mass is 32.1. The Morgan fingerprint density at radius 1 is 1.71 bits per heavy atom. The molecule has 78 valence electrons. The van der Waals surface area contributed by atoms with Crippen LogP contribution in [-0.4, -0.2) is 11.0 Å². The predicted octanol–water partition coefficient (Wildman–Crippen LogP) is 2.98. The standard InChI is InChI=1S/C11H18N2S/c1-3-4-9-7-10(9)13-8(2)11-12-5-6-14-11/h5-6,8-10,13H,3-4,7H2,1-2H3. The van der Waals surface area contributed by atoms with E-state index in [0.717, 1.165) is 12.0 Å². The molecule has 1 aromatic rings. The van der Waals surface area contributed by atoms with Crippen molar-refractivity contribution in [2.45, 2.75) is 45.2 Å². The summed E-state index contributed by atoms with van der Waals surface area (Å²) >= 11 is 1.74. The molecule has 3 heteroatoms. The van der Waals surface area contributed by atoms with Crippen LogP contribution in [0.15, 0.2) is 11.6 Å². The molecule has 0 radical (unpaired) electrons. The number of nitrogens with one attached hydrogen (secondary N) is 1. The van der Waals surface area contributed by atoms with Crippen LogP contribution >= 0.6 is 11.3 Å². The van der Waals surface area contributed by atoms with Crippen LogP contribution < -0.4 is 5.32 Å². The van der Waals surface area contributed by atoms with Crippen molar-refractivity contribution in [3.63, 3.8) is 0 Å². The zero-order valence-corrected chi connectivity index (χ0v) is 9.68. The molecule has 1 N–H and O–H groups in total. The van der Waals surface area contributed by atoms with Crippen molar-refractivity contribution in [2.24, 2.45) is 5.92 Å². The van der Waals surface area contributed by atoms with E-state index in [0.29, 0.717) is 6.04 Å². The van der Waals surface area contributed by atoms with Crippen LogP contribution in [0.2, 0.25) is 0 Å². The third-order valence-corrected chi connectivity index (χ3v) is 3.83. The number of hydrogen-bond donors (Lipinski definition) is 1. The number of rotatable bonds is 5. The molecule has 3 atom stereocenters. The minimum Gasteiger partial charge on any atom is -0.305 e. The third-order valence-electron chi connectivity index (χ3n) is 2.87. The summed E-state index contributed by atoms with van der Waals surface area (Å²) in [5.74, 6) is 0.933. The number of thiazole rings is 1. The minimum absolute atomic E-state index is 0.432. The van der Waals surface area contributed by atoms with Crippen molar-refractivity contribution in [1.29, 1.82) is 0 Å². The van der Waals surface area contributed by atoms with Crippen LogP contribution in [0.1, 0.15) is 44.2 Å². The molecular formula is C11H18N2S. The molecule has 3 unspecified atom stereocenters. The summed E-state index contributed by atoms with van der Waals surface area (Å²) in [5, 5.41) is 6.90. The first kappa shape index (κ1) is 10.1. The number of hydrogen-bond acceptors (Lipinski definition) is 3. The monoisotopic (exact) mass is 210 g/mol. The molecule has 0 saturated heterocycles. The zero-order valence-electron chi connectivity index (χ0n) is 8.86. The van der Waals surface area contributed by atoms with Gasteiger partial charge in [-0.3, -0.25) is 0 Å². The van der Waals surface area contributed by atoms with E-state index in [4.69, 9.17) is 0 Å². The molecule has 1 saturated carbocycles. The van der Waals surface area contributed by atoms with Crippen LogP contribution in [0.5, 0.6) is 0 Å². The first-order valence-electron chi connectivity index (χ1n) is 5.46. The Bertz CT molecular complexity index is 271. The summed E-state index contributed by atoms with van der Waals surface area (Å²) in [5.41, 5.74) is 0. The SMILES string of the molecule is CCCC1CC1NC(C)c1nccs1. The third kappa shape index (κ3) is 2.34. The average Bonchev–Trinajstić information content (AvgIpc) is 2.71.